The summed E-state index contributed by atoms with van der Waals surface area (Å²) in [4.78, 5) is 4.24. The predicted molar refractivity (Wildman–Crippen MR) is 54.4 cm³/mol. The Balaban J connectivity index is 2.42. The lowest BCUT2D eigenvalue weighted by molar-refractivity contribution is 0.528. The summed E-state index contributed by atoms with van der Waals surface area (Å²) in [7, 11) is 0. The predicted octanol–water partition coefficient (Wildman–Crippen LogP) is 1.29. The number of imidazole rings is 1. The molecule has 0 aromatic carbocycles. The minimum atomic E-state index is 0.224. The van der Waals surface area contributed by atoms with E-state index in [-0.39, 0.29) is 6.04 Å². The molecular weight excluding hydrogens is 176 g/mol. The number of aryl methyl sites for hydroxylation is 1. The fourth-order valence-electron chi connectivity index (χ4n) is 1.27. The van der Waals surface area contributed by atoms with E-state index in [9.17, 15) is 0 Å². The number of hydrogen-bond donors (Lipinski definition) is 1. The van der Waals surface area contributed by atoms with E-state index >= 15 is 0 Å². The maximum Gasteiger partial charge on any atom is 0.122 e. The Bertz CT molecular complexity index is 310. The number of hydrogen-bond acceptors (Lipinski definition) is 3. The SMILES string of the molecule is CCn1ccnc1CN[C@@H](C)CC#N. The zero-order chi connectivity index (χ0) is 10.4. The second-order valence-corrected chi connectivity index (χ2v) is 3.27. The van der Waals surface area contributed by atoms with E-state index in [0.717, 1.165) is 18.9 Å². The Morgan fingerprint density at radius 3 is 3.14 bits per heavy atom. The van der Waals surface area contributed by atoms with E-state index < -0.39 is 0 Å². The van der Waals surface area contributed by atoms with Gasteiger partial charge in [-0.1, -0.05) is 0 Å². The van der Waals surface area contributed by atoms with Crippen LogP contribution < -0.4 is 5.32 Å². The van der Waals surface area contributed by atoms with Gasteiger partial charge < -0.3 is 9.88 Å². The van der Waals surface area contributed by atoms with Crippen LogP contribution in [0.2, 0.25) is 0 Å². The van der Waals surface area contributed by atoms with E-state index in [1.54, 1.807) is 6.20 Å². The molecule has 0 unspecified atom stereocenters. The van der Waals surface area contributed by atoms with Gasteiger partial charge in [0.2, 0.25) is 0 Å². The summed E-state index contributed by atoms with van der Waals surface area (Å²) in [6, 6.07) is 2.36. The second kappa shape index (κ2) is 5.40. The van der Waals surface area contributed by atoms with Crippen molar-refractivity contribution in [3.05, 3.63) is 18.2 Å². The van der Waals surface area contributed by atoms with Crippen LogP contribution in [0.3, 0.4) is 0 Å². The second-order valence-electron chi connectivity index (χ2n) is 3.27. The third-order valence-corrected chi connectivity index (χ3v) is 2.15. The van der Waals surface area contributed by atoms with Crippen LogP contribution in [0.4, 0.5) is 0 Å². The lowest BCUT2D eigenvalue weighted by atomic mass is 10.2. The van der Waals surface area contributed by atoms with Crippen LogP contribution in [-0.2, 0) is 13.1 Å². The molecule has 4 nitrogen and oxygen atoms in total. The molecule has 0 radical (unpaired) electrons. The quantitative estimate of drug-likeness (QED) is 0.765. The summed E-state index contributed by atoms with van der Waals surface area (Å²) >= 11 is 0. The molecule has 0 aliphatic rings. The number of nitrogens with zero attached hydrogens (tertiary/aromatic N) is 3. The zero-order valence-corrected chi connectivity index (χ0v) is 8.70. The van der Waals surface area contributed by atoms with Gasteiger partial charge in [-0.15, -0.1) is 0 Å². The highest BCUT2D eigenvalue weighted by Crippen LogP contribution is 1.98. The topological polar surface area (TPSA) is 53.6 Å². The van der Waals surface area contributed by atoms with Gasteiger partial charge >= 0.3 is 0 Å². The molecule has 4 heteroatoms. The van der Waals surface area contributed by atoms with E-state index in [0.29, 0.717) is 6.42 Å². The van der Waals surface area contributed by atoms with Crippen molar-refractivity contribution in [2.45, 2.75) is 39.4 Å². The first-order chi connectivity index (χ1) is 6.77. The molecule has 0 aliphatic heterocycles. The Hall–Kier alpha value is -1.34. The van der Waals surface area contributed by atoms with Gasteiger partial charge in [0.25, 0.3) is 0 Å². The molecule has 1 N–H and O–H groups in total. The molecule has 0 fully saturated rings. The summed E-state index contributed by atoms with van der Waals surface area (Å²) in [6.07, 6.45) is 4.30. The lowest BCUT2D eigenvalue weighted by Crippen LogP contribution is -2.26. The standard InChI is InChI=1S/C10H16N4/c1-3-14-7-6-12-10(14)8-13-9(2)4-5-11/h6-7,9,13H,3-4,8H2,1-2H3/t9-/m0/s1. The van der Waals surface area contributed by atoms with Crippen LogP contribution in [0.25, 0.3) is 0 Å². The van der Waals surface area contributed by atoms with Gasteiger partial charge in [0.1, 0.15) is 5.82 Å². The molecule has 1 atom stereocenters. The molecule has 0 bridgehead atoms. The lowest BCUT2D eigenvalue weighted by Gasteiger charge is -2.10. The Kier molecular flexibility index (Phi) is 4.14. The highest BCUT2D eigenvalue weighted by atomic mass is 15.1. The van der Waals surface area contributed by atoms with Crippen molar-refractivity contribution in [1.29, 1.82) is 5.26 Å². The van der Waals surface area contributed by atoms with Crippen LogP contribution in [0, 0.1) is 11.3 Å². The zero-order valence-electron chi connectivity index (χ0n) is 8.70. The average molecular weight is 192 g/mol. The summed E-state index contributed by atoms with van der Waals surface area (Å²) < 4.78 is 2.09. The normalized spacial score (nSPS) is 12.4. The molecule has 0 saturated carbocycles. The van der Waals surface area contributed by atoms with E-state index in [1.807, 2.05) is 13.1 Å². The van der Waals surface area contributed by atoms with Crippen molar-refractivity contribution in [3.63, 3.8) is 0 Å². The van der Waals surface area contributed by atoms with Crippen molar-refractivity contribution < 1.29 is 0 Å². The summed E-state index contributed by atoms with van der Waals surface area (Å²) in [6.45, 7) is 5.75. The van der Waals surface area contributed by atoms with Crippen molar-refractivity contribution >= 4 is 0 Å². The third-order valence-electron chi connectivity index (χ3n) is 2.15. The molecule has 1 rings (SSSR count). The smallest absolute Gasteiger partial charge is 0.122 e. The van der Waals surface area contributed by atoms with Gasteiger partial charge in [0.15, 0.2) is 0 Å². The summed E-state index contributed by atoms with van der Waals surface area (Å²) in [5.74, 6) is 1.03. The fraction of sp³-hybridized carbons (Fsp3) is 0.600. The average Bonchev–Trinajstić information content (AvgIpc) is 2.62. The maximum atomic E-state index is 8.48. The number of nitriles is 1. The van der Waals surface area contributed by atoms with E-state index in [2.05, 4.69) is 27.9 Å². The molecule has 0 aliphatic carbocycles. The summed E-state index contributed by atoms with van der Waals surface area (Å²) in [5, 5.41) is 11.7. The van der Waals surface area contributed by atoms with Crippen LogP contribution in [0.1, 0.15) is 26.1 Å². The number of aromatic nitrogens is 2. The Morgan fingerprint density at radius 2 is 2.50 bits per heavy atom. The number of rotatable bonds is 5. The van der Waals surface area contributed by atoms with Crippen LogP contribution in [-0.4, -0.2) is 15.6 Å². The van der Waals surface area contributed by atoms with Crippen molar-refractivity contribution in [2.75, 3.05) is 0 Å². The first kappa shape index (κ1) is 10.7. The van der Waals surface area contributed by atoms with Gasteiger partial charge in [-0.3, -0.25) is 0 Å². The van der Waals surface area contributed by atoms with Gasteiger partial charge in [-0.25, -0.2) is 4.98 Å². The van der Waals surface area contributed by atoms with Gasteiger partial charge in [0, 0.05) is 25.0 Å². The van der Waals surface area contributed by atoms with Crippen molar-refractivity contribution in [1.82, 2.24) is 14.9 Å². The monoisotopic (exact) mass is 192 g/mol. The van der Waals surface area contributed by atoms with E-state index in [1.165, 1.54) is 0 Å². The summed E-state index contributed by atoms with van der Waals surface area (Å²) in [5.41, 5.74) is 0. The molecule has 14 heavy (non-hydrogen) atoms. The molecule has 1 aromatic rings. The first-order valence-electron chi connectivity index (χ1n) is 4.88. The van der Waals surface area contributed by atoms with Gasteiger partial charge in [0.05, 0.1) is 19.0 Å². The highest BCUT2D eigenvalue weighted by molar-refractivity contribution is 4.92. The molecule has 1 heterocycles. The van der Waals surface area contributed by atoms with Gasteiger partial charge in [-0.05, 0) is 13.8 Å². The third kappa shape index (κ3) is 2.86. The molecule has 1 aromatic heterocycles. The highest BCUT2D eigenvalue weighted by Gasteiger charge is 2.03. The maximum absolute atomic E-state index is 8.48. The molecule has 0 amide bonds. The van der Waals surface area contributed by atoms with Crippen LogP contribution in [0.5, 0.6) is 0 Å². The Morgan fingerprint density at radius 1 is 1.71 bits per heavy atom. The number of nitrogens with one attached hydrogen (secondary N) is 1. The Labute approximate surface area is 84.6 Å². The van der Waals surface area contributed by atoms with E-state index in [4.69, 9.17) is 5.26 Å². The fourth-order valence-corrected chi connectivity index (χ4v) is 1.27. The molecular formula is C10H16N4. The molecule has 0 spiro atoms. The first-order valence-corrected chi connectivity index (χ1v) is 4.88. The van der Waals surface area contributed by atoms with Crippen LogP contribution in [0.15, 0.2) is 12.4 Å². The molecule has 76 valence electrons. The molecule has 0 saturated heterocycles. The minimum Gasteiger partial charge on any atom is -0.334 e. The van der Waals surface area contributed by atoms with Crippen LogP contribution >= 0.6 is 0 Å². The van der Waals surface area contributed by atoms with Crippen molar-refractivity contribution in [3.8, 4) is 6.07 Å². The van der Waals surface area contributed by atoms with Crippen molar-refractivity contribution in [2.24, 2.45) is 0 Å². The minimum absolute atomic E-state index is 0.224. The van der Waals surface area contributed by atoms with Gasteiger partial charge in [-0.2, -0.15) is 5.26 Å². The largest absolute Gasteiger partial charge is 0.334 e.